The molecule has 0 spiro atoms. The number of nitrogens with zero attached hydrogens (tertiary/aromatic N) is 2. The number of ether oxygens (including phenoxy) is 1. The Balaban J connectivity index is 1.84. The van der Waals surface area contributed by atoms with Gasteiger partial charge >= 0.3 is 0 Å². The predicted octanol–water partition coefficient (Wildman–Crippen LogP) is -1.25. The summed E-state index contributed by atoms with van der Waals surface area (Å²) in [6.45, 7) is 0.884. The molecule has 1 aliphatic rings. The molecule has 130 valence electrons. The van der Waals surface area contributed by atoms with E-state index in [0.717, 1.165) is 5.56 Å². The van der Waals surface area contributed by atoms with E-state index in [2.05, 4.69) is 20.3 Å². The summed E-state index contributed by atoms with van der Waals surface area (Å²) in [6.07, 6.45) is -3.74. The molecular formula is C15H19N3O6. The third-order valence-corrected chi connectivity index (χ3v) is 4.15. The topological polar surface area (TPSA) is 138 Å². The van der Waals surface area contributed by atoms with Crippen LogP contribution >= 0.6 is 0 Å². The molecule has 5 atom stereocenters. The van der Waals surface area contributed by atoms with Gasteiger partial charge in [0.25, 0.3) is 0 Å². The van der Waals surface area contributed by atoms with E-state index >= 15 is 0 Å². The summed E-state index contributed by atoms with van der Waals surface area (Å²) in [5.41, 5.74) is 2.03. The van der Waals surface area contributed by atoms with E-state index in [4.69, 9.17) is 4.74 Å². The molecule has 4 unspecified atom stereocenters. The molecule has 2 aromatic rings. The average Bonchev–Trinajstić information content (AvgIpc) is 3.01. The first-order valence-corrected chi connectivity index (χ1v) is 7.60. The first kappa shape index (κ1) is 16.8. The van der Waals surface area contributed by atoms with E-state index < -0.39 is 37.1 Å². The molecule has 1 aliphatic heterocycles. The Kier molecular flexibility index (Phi) is 4.76. The lowest BCUT2D eigenvalue weighted by atomic mass is 9.89. The Hall–Kier alpha value is -2.07. The van der Waals surface area contributed by atoms with Crippen molar-refractivity contribution in [2.24, 2.45) is 0 Å². The van der Waals surface area contributed by atoms with Crippen molar-refractivity contribution in [1.82, 2.24) is 15.6 Å². The number of aromatic nitrogens is 2. The van der Waals surface area contributed by atoms with Crippen LogP contribution in [-0.4, -0.2) is 68.6 Å². The minimum Gasteiger partial charge on any atom is -0.394 e. The standard InChI is InChI=1S/C15H19N3O6/c1-7(20)16-13-11(23-12(6-19)14(21)15(13)22)5-8-2-3-9-10(4-8)18-24-17-9/h2-4,11-15,19,21-22H,5-6H2,1H3,(H,16,20)/t11?,12?,13-,14?,15?/m1/s1. The molecule has 4 N–H and O–H groups in total. The molecule has 0 aliphatic carbocycles. The molecule has 0 saturated carbocycles. The van der Waals surface area contributed by atoms with Gasteiger partial charge in [-0.25, -0.2) is 4.63 Å². The normalized spacial score (nSPS) is 30.4. The van der Waals surface area contributed by atoms with E-state index in [-0.39, 0.29) is 5.91 Å². The van der Waals surface area contributed by atoms with Crippen LogP contribution in [-0.2, 0) is 16.0 Å². The van der Waals surface area contributed by atoms with Crippen molar-refractivity contribution in [3.63, 3.8) is 0 Å². The number of rotatable bonds is 4. The molecule has 3 rings (SSSR count). The molecule has 1 aromatic carbocycles. The number of aliphatic hydroxyl groups excluding tert-OH is 3. The summed E-state index contributed by atoms with van der Waals surface area (Å²) >= 11 is 0. The zero-order valence-corrected chi connectivity index (χ0v) is 13.0. The van der Waals surface area contributed by atoms with Gasteiger partial charge in [0, 0.05) is 13.3 Å². The Bertz CT molecular complexity index is 720. The molecule has 9 nitrogen and oxygen atoms in total. The highest BCUT2D eigenvalue weighted by atomic mass is 16.6. The second kappa shape index (κ2) is 6.81. The highest BCUT2D eigenvalue weighted by Crippen LogP contribution is 2.25. The van der Waals surface area contributed by atoms with Crippen LogP contribution in [0.15, 0.2) is 22.8 Å². The smallest absolute Gasteiger partial charge is 0.217 e. The quantitative estimate of drug-likeness (QED) is 0.543. The first-order valence-electron chi connectivity index (χ1n) is 7.60. The molecule has 1 aromatic heterocycles. The van der Waals surface area contributed by atoms with Crippen molar-refractivity contribution < 1.29 is 29.5 Å². The summed E-state index contributed by atoms with van der Waals surface area (Å²) in [5.74, 6) is -0.349. The van der Waals surface area contributed by atoms with Gasteiger partial charge in [0.05, 0.1) is 18.8 Å². The zero-order valence-electron chi connectivity index (χ0n) is 13.0. The predicted molar refractivity (Wildman–Crippen MR) is 80.9 cm³/mol. The maximum atomic E-state index is 11.4. The third kappa shape index (κ3) is 3.24. The summed E-state index contributed by atoms with van der Waals surface area (Å²) in [7, 11) is 0. The first-order chi connectivity index (χ1) is 11.5. The Morgan fingerprint density at radius 1 is 1.21 bits per heavy atom. The van der Waals surface area contributed by atoms with Gasteiger partial charge in [-0.1, -0.05) is 6.07 Å². The fraction of sp³-hybridized carbons (Fsp3) is 0.533. The number of carbonyl (C=O) groups excluding carboxylic acids is 1. The molecule has 0 bridgehead atoms. The Morgan fingerprint density at radius 2 is 1.96 bits per heavy atom. The highest BCUT2D eigenvalue weighted by molar-refractivity contribution is 5.74. The molecule has 1 amide bonds. The average molecular weight is 337 g/mol. The number of fused-ring (bicyclic) bond motifs is 1. The van der Waals surface area contributed by atoms with Crippen LogP contribution in [0.25, 0.3) is 11.0 Å². The number of hydrogen-bond donors (Lipinski definition) is 4. The number of benzene rings is 1. The van der Waals surface area contributed by atoms with Gasteiger partial charge in [-0.15, -0.1) is 0 Å². The molecule has 9 heteroatoms. The maximum absolute atomic E-state index is 11.4. The maximum Gasteiger partial charge on any atom is 0.217 e. The fourth-order valence-electron chi connectivity index (χ4n) is 2.97. The highest BCUT2D eigenvalue weighted by Gasteiger charge is 2.44. The van der Waals surface area contributed by atoms with Crippen LogP contribution in [0.4, 0.5) is 0 Å². The van der Waals surface area contributed by atoms with Crippen molar-refractivity contribution in [3.05, 3.63) is 23.8 Å². The minimum atomic E-state index is -1.29. The number of carbonyl (C=O) groups is 1. The van der Waals surface area contributed by atoms with Crippen molar-refractivity contribution in [2.75, 3.05) is 6.61 Å². The van der Waals surface area contributed by atoms with Gasteiger partial charge in [-0.2, -0.15) is 0 Å². The van der Waals surface area contributed by atoms with E-state index in [9.17, 15) is 20.1 Å². The summed E-state index contributed by atoms with van der Waals surface area (Å²) in [4.78, 5) is 11.4. The molecule has 2 heterocycles. The van der Waals surface area contributed by atoms with Gasteiger partial charge in [-0.05, 0) is 28.0 Å². The van der Waals surface area contributed by atoms with Gasteiger partial charge in [0.15, 0.2) is 0 Å². The van der Waals surface area contributed by atoms with Crippen molar-refractivity contribution in [1.29, 1.82) is 0 Å². The van der Waals surface area contributed by atoms with Crippen LogP contribution < -0.4 is 5.32 Å². The van der Waals surface area contributed by atoms with Crippen LogP contribution in [0.5, 0.6) is 0 Å². The van der Waals surface area contributed by atoms with E-state index in [0.29, 0.717) is 17.5 Å². The third-order valence-electron chi connectivity index (χ3n) is 4.15. The number of amides is 1. The minimum absolute atomic E-state index is 0.341. The number of hydrogen-bond acceptors (Lipinski definition) is 8. The lowest BCUT2D eigenvalue weighted by molar-refractivity contribution is -0.194. The summed E-state index contributed by atoms with van der Waals surface area (Å²) < 4.78 is 10.3. The molecule has 1 saturated heterocycles. The van der Waals surface area contributed by atoms with Crippen LogP contribution in [0.3, 0.4) is 0 Å². The van der Waals surface area contributed by atoms with Gasteiger partial charge in [-0.3, -0.25) is 4.79 Å². The number of aliphatic hydroxyl groups is 3. The summed E-state index contributed by atoms with van der Waals surface area (Å²) in [5, 5.41) is 39.7. The monoisotopic (exact) mass is 337 g/mol. The van der Waals surface area contributed by atoms with Gasteiger partial charge in [0.1, 0.15) is 29.3 Å². The largest absolute Gasteiger partial charge is 0.394 e. The lowest BCUT2D eigenvalue weighted by Crippen LogP contribution is -2.64. The Labute approximate surface area is 137 Å². The summed E-state index contributed by atoms with van der Waals surface area (Å²) in [6, 6.07) is 4.52. The second-order valence-electron chi connectivity index (χ2n) is 5.89. The Morgan fingerprint density at radius 3 is 2.67 bits per heavy atom. The van der Waals surface area contributed by atoms with Crippen molar-refractivity contribution in [2.45, 2.75) is 43.8 Å². The van der Waals surface area contributed by atoms with Crippen LogP contribution in [0, 0.1) is 0 Å². The van der Waals surface area contributed by atoms with Crippen LogP contribution in [0.1, 0.15) is 12.5 Å². The second-order valence-corrected chi connectivity index (χ2v) is 5.89. The molecule has 1 fully saturated rings. The fourth-order valence-corrected chi connectivity index (χ4v) is 2.97. The molecule has 24 heavy (non-hydrogen) atoms. The SMILES string of the molecule is CC(=O)N[C@@H]1C(Cc2ccc3nonc3c2)OC(CO)C(O)C1O. The van der Waals surface area contributed by atoms with E-state index in [1.807, 2.05) is 6.07 Å². The molecule has 0 radical (unpaired) electrons. The van der Waals surface area contributed by atoms with Crippen molar-refractivity contribution >= 4 is 16.9 Å². The van der Waals surface area contributed by atoms with Crippen LogP contribution in [0.2, 0.25) is 0 Å². The molecular weight excluding hydrogens is 318 g/mol. The van der Waals surface area contributed by atoms with E-state index in [1.54, 1.807) is 12.1 Å². The zero-order chi connectivity index (χ0) is 17.3. The van der Waals surface area contributed by atoms with Gasteiger partial charge in [0.2, 0.25) is 5.91 Å². The van der Waals surface area contributed by atoms with Crippen molar-refractivity contribution in [3.8, 4) is 0 Å². The lowest BCUT2D eigenvalue weighted by Gasteiger charge is -2.42. The van der Waals surface area contributed by atoms with E-state index in [1.165, 1.54) is 6.92 Å². The number of nitrogens with one attached hydrogen (secondary N) is 1. The van der Waals surface area contributed by atoms with Gasteiger partial charge < -0.3 is 25.4 Å².